The van der Waals surface area contributed by atoms with Gasteiger partial charge in [-0.1, -0.05) is 13.8 Å². The largest absolute Gasteiger partial charge is 0.336 e. The number of nitrogens with one attached hydrogen (secondary N) is 1. The number of likely N-dealkylation sites (N-methyl/N-ethyl adjacent to an activating group) is 1. The van der Waals surface area contributed by atoms with Crippen LogP contribution in [0.2, 0.25) is 0 Å². The Morgan fingerprint density at radius 2 is 1.70 bits per heavy atom. The van der Waals surface area contributed by atoms with Crippen molar-refractivity contribution >= 4 is 17.5 Å². The first-order chi connectivity index (χ1) is 10.8. The number of anilines is 1. The SMILES string of the molecule is CCC(CC)(CN)C(=O)N(C)CC(=O)Nc1cc(F)cc(F)c1. The Kier molecular flexibility index (Phi) is 6.62. The zero-order chi connectivity index (χ0) is 17.6. The van der Waals surface area contributed by atoms with Gasteiger partial charge >= 0.3 is 0 Å². The van der Waals surface area contributed by atoms with E-state index in [0.29, 0.717) is 18.9 Å². The Labute approximate surface area is 134 Å². The summed E-state index contributed by atoms with van der Waals surface area (Å²) in [6.45, 7) is 3.72. The van der Waals surface area contributed by atoms with Crippen LogP contribution in [0.15, 0.2) is 18.2 Å². The van der Waals surface area contributed by atoms with Crippen molar-refractivity contribution in [1.29, 1.82) is 0 Å². The van der Waals surface area contributed by atoms with E-state index in [0.717, 1.165) is 12.1 Å². The molecule has 0 atom stereocenters. The van der Waals surface area contributed by atoms with Gasteiger partial charge in [0.2, 0.25) is 11.8 Å². The monoisotopic (exact) mass is 327 g/mol. The molecule has 0 aliphatic heterocycles. The van der Waals surface area contributed by atoms with Gasteiger partial charge in [0.1, 0.15) is 11.6 Å². The van der Waals surface area contributed by atoms with Crippen molar-refractivity contribution in [1.82, 2.24) is 4.90 Å². The molecular formula is C16H23F2N3O2. The Bertz CT molecular complexity index is 546. The second-order valence-corrected chi connectivity index (χ2v) is 5.56. The summed E-state index contributed by atoms with van der Waals surface area (Å²) in [5.41, 5.74) is 5.03. The fraction of sp³-hybridized carbons (Fsp3) is 0.500. The second kappa shape index (κ2) is 8.01. The summed E-state index contributed by atoms with van der Waals surface area (Å²) < 4.78 is 26.2. The van der Waals surface area contributed by atoms with Gasteiger partial charge in [0.15, 0.2) is 0 Å². The van der Waals surface area contributed by atoms with Crippen LogP contribution in [0, 0.1) is 17.0 Å². The van der Waals surface area contributed by atoms with Crippen molar-refractivity contribution in [2.75, 3.05) is 25.5 Å². The topological polar surface area (TPSA) is 75.4 Å². The maximum atomic E-state index is 13.1. The predicted octanol–water partition coefficient (Wildman–Crippen LogP) is 2.13. The second-order valence-electron chi connectivity index (χ2n) is 5.56. The number of carbonyl (C=O) groups excluding carboxylic acids is 2. The molecule has 0 unspecified atom stereocenters. The van der Waals surface area contributed by atoms with Crippen LogP contribution < -0.4 is 11.1 Å². The highest BCUT2D eigenvalue weighted by Crippen LogP contribution is 2.27. The van der Waals surface area contributed by atoms with Gasteiger partial charge in [-0.25, -0.2) is 8.78 Å². The molecule has 0 fully saturated rings. The highest BCUT2D eigenvalue weighted by atomic mass is 19.1. The molecule has 128 valence electrons. The van der Waals surface area contributed by atoms with Crippen LogP contribution in [0.25, 0.3) is 0 Å². The van der Waals surface area contributed by atoms with Gasteiger partial charge in [0, 0.05) is 25.3 Å². The molecule has 7 heteroatoms. The molecule has 3 N–H and O–H groups in total. The summed E-state index contributed by atoms with van der Waals surface area (Å²) in [6, 6.07) is 2.72. The van der Waals surface area contributed by atoms with E-state index in [4.69, 9.17) is 5.73 Å². The third-order valence-electron chi connectivity index (χ3n) is 4.07. The minimum Gasteiger partial charge on any atom is -0.336 e. The first-order valence-electron chi connectivity index (χ1n) is 7.49. The van der Waals surface area contributed by atoms with Crippen LogP contribution in [0.1, 0.15) is 26.7 Å². The van der Waals surface area contributed by atoms with Crippen LogP contribution in [-0.2, 0) is 9.59 Å². The van der Waals surface area contributed by atoms with Crippen molar-refractivity contribution in [2.45, 2.75) is 26.7 Å². The fourth-order valence-electron chi connectivity index (χ4n) is 2.45. The number of rotatable bonds is 7. The predicted molar refractivity (Wildman–Crippen MR) is 84.7 cm³/mol. The van der Waals surface area contributed by atoms with Crippen molar-refractivity contribution < 1.29 is 18.4 Å². The van der Waals surface area contributed by atoms with Crippen molar-refractivity contribution in [3.05, 3.63) is 29.8 Å². The molecule has 0 saturated carbocycles. The lowest BCUT2D eigenvalue weighted by atomic mass is 9.81. The molecule has 5 nitrogen and oxygen atoms in total. The summed E-state index contributed by atoms with van der Waals surface area (Å²) >= 11 is 0. The average Bonchev–Trinajstić information content (AvgIpc) is 2.48. The molecule has 1 aromatic rings. The number of amides is 2. The minimum absolute atomic E-state index is 0.00409. The van der Waals surface area contributed by atoms with E-state index < -0.39 is 23.0 Å². The van der Waals surface area contributed by atoms with Crippen LogP contribution >= 0.6 is 0 Å². The van der Waals surface area contributed by atoms with Crippen molar-refractivity contribution in [3.63, 3.8) is 0 Å². The van der Waals surface area contributed by atoms with E-state index in [1.165, 1.54) is 11.9 Å². The van der Waals surface area contributed by atoms with Crippen LogP contribution in [0.5, 0.6) is 0 Å². The maximum Gasteiger partial charge on any atom is 0.243 e. The van der Waals surface area contributed by atoms with Gasteiger partial charge < -0.3 is 16.0 Å². The Morgan fingerprint density at radius 3 is 2.13 bits per heavy atom. The maximum absolute atomic E-state index is 13.1. The lowest BCUT2D eigenvalue weighted by Gasteiger charge is -2.33. The van der Waals surface area contributed by atoms with Gasteiger partial charge in [-0.3, -0.25) is 9.59 Å². The third-order valence-corrected chi connectivity index (χ3v) is 4.07. The standard InChI is InChI=1S/C16H23F2N3O2/c1-4-16(5-2,10-19)15(23)21(3)9-14(22)20-13-7-11(17)6-12(18)8-13/h6-8H,4-5,9-10,19H2,1-3H3,(H,20,22). The number of benzene rings is 1. The Morgan fingerprint density at radius 1 is 1.17 bits per heavy atom. The van der Waals surface area contributed by atoms with Gasteiger partial charge in [-0.15, -0.1) is 0 Å². The van der Waals surface area contributed by atoms with Gasteiger partial charge in [-0.05, 0) is 25.0 Å². The average molecular weight is 327 g/mol. The first kappa shape index (κ1) is 19.0. The number of nitrogens with two attached hydrogens (primary N) is 1. The summed E-state index contributed by atoms with van der Waals surface area (Å²) in [5, 5.41) is 2.37. The summed E-state index contributed by atoms with van der Waals surface area (Å²) in [4.78, 5) is 25.7. The lowest BCUT2D eigenvalue weighted by molar-refractivity contribution is -0.142. The first-order valence-corrected chi connectivity index (χ1v) is 7.49. The molecule has 0 aromatic heterocycles. The molecule has 0 aliphatic carbocycles. The highest BCUT2D eigenvalue weighted by Gasteiger charge is 2.36. The highest BCUT2D eigenvalue weighted by molar-refractivity contribution is 5.95. The van der Waals surface area contributed by atoms with E-state index in [2.05, 4.69) is 5.32 Å². The Hall–Kier alpha value is -2.02. The van der Waals surface area contributed by atoms with E-state index in [9.17, 15) is 18.4 Å². The van der Waals surface area contributed by atoms with Crippen LogP contribution in [-0.4, -0.2) is 36.9 Å². The number of hydrogen-bond donors (Lipinski definition) is 2. The number of hydrogen-bond acceptors (Lipinski definition) is 3. The molecule has 1 rings (SSSR count). The van der Waals surface area contributed by atoms with E-state index in [-0.39, 0.29) is 24.7 Å². The Balaban J connectivity index is 2.74. The molecule has 1 aromatic carbocycles. The zero-order valence-corrected chi connectivity index (χ0v) is 13.7. The summed E-state index contributed by atoms with van der Waals surface area (Å²) in [6.07, 6.45) is 1.14. The number of carbonyl (C=O) groups is 2. The molecule has 0 radical (unpaired) electrons. The molecule has 2 amide bonds. The third kappa shape index (κ3) is 4.72. The normalized spacial score (nSPS) is 11.2. The molecular weight excluding hydrogens is 304 g/mol. The van der Waals surface area contributed by atoms with Crippen LogP contribution in [0.3, 0.4) is 0 Å². The van der Waals surface area contributed by atoms with Crippen molar-refractivity contribution in [2.24, 2.45) is 11.1 Å². The molecule has 0 aliphatic rings. The molecule has 0 spiro atoms. The fourth-order valence-corrected chi connectivity index (χ4v) is 2.45. The minimum atomic E-state index is -0.788. The van der Waals surface area contributed by atoms with Gasteiger partial charge in [-0.2, -0.15) is 0 Å². The smallest absolute Gasteiger partial charge is 0.243 e. The van der Waals surface area contributed by atoms with Gasteiger partial charge in [0.25, 0.3) is 0 Å². The molecule has 0 saturated heterocycles. The zero-order valence-electron chi connectivity index (χ0n) is 13.7. The van der Waals surface area contributed by atoms with E-state index in [1.807, 2.05) is 13.8 Å². The van der Waals surface area contributed by atoms with E-state index in [1.54, 1.807) is 0 Å². The summed E-state index contributed by atoms with van der Waals surface area (Å²) in [5.74, 6) is -2.33. The van der Waals surface area contributed by atoms with Gasteiger partial charge in [0.05, 0.1) is 12.0 Å². The quantitative estimate of drug-likeness (QED) is 0.805. The summed E-state index contributed by atoms with van der Waals surface area (Å²) in [7, 11) is 1.50. The molecule has 0 bridgehead atoms. The van der Waals surface area contributed by atoms with Crippen LogP contribution in [0.4, 0.5) is 14.5 Å². The number of nitrogens with zero attached hydrogens (tertiary/aromatic N) is 1. The van der Waals surface area contributed by atoms with E-state index >= 15 is 0 Å². The lowest BCUT2D eigenvalue weighted by Crippen LogP contribution is -2.48. The molecule has 0 heterocycles. The van der Waals surface area contributed by atoms with Crippen molar-refractivity contribution in [3.8, 4) is 0 Å². The molecule has 23 heavy (non-hydrogen) atoms. The number of halogens is 2.